The second-order valence-electron chi connectivity index (χ2n) is 15.2. The minimum absolute atomic E-state index is 0.145. The lowest BCUT2D eigenvalue weighted by Gasteiger charge is -2.25. The summed E-state index contributed by atoms with van der Waals surface area (Å²) < 4.78 is 0. The van der Waals surface area contributed by atoms with Crippen molar-refractivity contribution in [2.75, 3.05) is 0 Å². The van der Waals surface area contributed by atoms with Crippen LogP contribution >= 0.6 is 0 Å². The van der Waals surface area contributed by atoms with Gasteiger partial charge in [-0.3, -0.25) is 0 Å². The summed E-state index contributed by atoms with van der Waals surface area (Å²) in [6.07, 6.45) is 0. The predicted molar refractivity (Wildman–Crippen MR) is 228 cm³/mol. The summed E-state index contributed by atoms with van der Waals surface area (Å²) in [4.78, 5) is 0. The van der Waals surface area contributed by atoms with Gasteiger partial charge in [0, 0.05) is 5.41 Å². The second-order valence-corrected chi connectivity index (χ2v) is 15.2. The van der Waals surface area contributed by atoms with Crippen LogP contribution in [0.5, 0.6) is 0 Å². The number of fused-ring (bicyclic) bond motifs is 11. The van der Waals surface area contributed by atoms with Crippen molar-refractivity contribution in [1.82, 2.24) is 0 Å². The topological polar surface area (TPSA) is 0 Å². The van der Waals surface area contributed by atoms with Crippen molar-refractivity contribution < 1.29 is 0 Å². The summed E-state index contributed by atoms with van der Waals surface area (Å²) >= 11 is 0. The van der Waals surface area contributed by atoms with Gasteiger partial charge in [-0.05, 0) is 134 Å². The van der Waals surface area contributed by atoms with Crippen LogP contribution in [-0.2, 0) is 5.41 Å². The molecule has 0 heteroatoms. The molecule has 0 radical (unpaired) electrons. The molecule has 0 N–H and O–H groups in total. The molecule has 0 saturated carbocycles. The molecule has 0 heterocycles. The summed E-state index contributed by atoms with van der Waals surface area (Å²) in [5, 5.41) is 13.0. The Morgan fingerprint density at radius 2 is 0.792 bits per heavy atom. The summed E-state index contributed by atoms with van der Waals surface area (Å²) in [7, 11) is 0. The van der Waals surface area contributed by atoms with Gasteiger partial charge in [-0.1, -0.05) is 172 Å². The fourth-order valence-corrected chi connectivity index (χ4v) is 9.61. The van der Waals surface area contributed by atoms with Gasteiger partial charge in [0.25, 0.3) is 0 Å². The van der Waals surface area contributed by atoms with Crippen molar-refractivity contribution in [3.8, 4) is 44.5 Å². The van der Waals surface area contributed by atoms with Crippen LogP contribution in [0.4, 0.5) is 0 Å². The Morgan fingerprint density at radius 3 is 1.43 bits per heavy atom. The molecular weight excluding hydrogens is 637 g/mol. The predicted octanol–water partition coefficient (Wildman–Crippen LogP) is 14.8. The summed E-state index contributed by atoms with van der Waals surface area (Å²) in [6, 6.07) is 67.8. The zero-order chi connectivity index (χ0) is 35.3. The fourth-order valence-electron chi connectivity index (χ4n) is 9.61. The molecule has 0 unspecified atom stereocenters. The average molecular weight is 673 g/mol. The lowest BCUT2D eigenvalue weighted by Crippen LogP contribution is -2.15. The molecule has 0 bridgehead atoms. The SMILES string of the molecule is CC1(C)c2cc3ccccc3cc2-c2c1c1ccc(-c3c4ccccc4c(-c4cccc(-c5ccccc5)c4)c4ccccc34)cc1c1ccccc21. The van der Waals surface area contributed by atoms with Crippen LogP contribution in [0.2, 0.25) is 0 Å². The van der Waals surface area contributed by atoms with E-state index < -0.39 is 0 Å². The zero-order valence-corrected chi connectivity index (χ0v) is 29.8. The van der Waals surface area contributed by atoms with Crippen molar-refractivity contribution in [3.05, 3.63) is 193 Å². The first-order valence-corrected chi connectivity index (χ1v) is 18.7. The van der Waals surface area contributed by atoms with Gasteiger partial charge in [-0.2, -0.15) is 0 Å². The van der Waals surface area contributed by atoms with E-state index >= 15 is 0 Å². The maximum absolute atomic E-state index is 2.48. The van der Waals surface area contributed by atoms with E-state index in [1.807, 2.05) is 0 Å². The highest BCUT2D eigenvalue weighted by Gasteiger charge is 2.38. The average Bonchev–Trinajstić information content (AvgIpc) is 3.44. The van der Waals surface area contributed by atoms with Gasteiger partial charge in [-0.15, -0.1) is 0 Å². The van der Waals surface area contributed by atoms with Crippen molar-refractivity contribution in [2.24, 2.45) is 0 Å². The molecule has 0 spiro atoms. The highest BCUT2D eigenvalue weighted by molar-refractivity contribution is 6.24. The van der Waals surface area contributed by atoms with Crippen molar-refractivity contribution in [3.63, 3.8) is 0 Å². The summed E-state index contributed by atoms with van der Waals surface area (Å²) in [5.41, 5.74) is 13.0. The van der Waals surface area contributed by atoms with Gasteiger partial charge in [0.1, 0.15) is 0 Å². The highest BCUT2D eigenvalue weighted by atomic mass is 14.4. The van der Waals surface area contributed by atoms with Crippen LogP contribution in [-0.4, -0.2) is 0 Å². The van der Waals surface area contributed by atoms with Crippen LogP contribution < -0.4 is 0 Å². The first-order chi connectivity index (χ1) is 26.1. The molecule has 11 rings (SSSR count). The van der Waals surface area contributed by atoms with E-state index in [4.69, 9.17) is 0 Å². The van der Waals surface area contributed by atoms with E-state index in [0.717, 1.165) is 0 Å². The maximum atomic E-state index is 2.48. The van der Waals surface area contributed by atoms with Crippen LogP contribution in [0, 0.1) is 0 Å². The molecule has 248 valence electrons. The first-order valence-electron chi connectivity index (χ1n) is 18.7. The molecule has 0 atom stereocenters. The van der Waals surface area contributed by atoms with Gasteiger partial charge in [0.2, 0.25) is 0 Å². The van der Waals surface area contributed by atoms with E-state index in [1.54, 1.807) is 0 Å². The minimum atomic E-state index is -0.145. The third kappa shape index (κ3) is 4.36. The molecule has 1 aliphatic carbocycles. The minimum Gasteiger partial charge on any atom is -0.0622 e. The summed E-state index contributed by atoms with van der Waals surface area (Å²) in [6.45, 7) is 4.84. The normalized spacial score (nSPS) is 13.2. The molecule has 10 aromatic rings. The Bertz CT molecular complexity index is 3070. The molecule has 1 aliphatic rings. The van der Waals surface area contributed by atoms with Gasteiger partial charge >= 0.3 is 0 Å². The number of hydrogen-bond donors (Lipinski definition) is 0. The van der Waals surface area contributed by atoms with E-state index in [9.17, 15) is 0 Å². The molecule has 0 aliphatic heterocycles. The fraction of sp³-hybridized carbons (Fsp3) is 0.0566. The molecule has 0 aromatic heterocycles. The number of benzene rings is 10. The van der Waals surface area contributed by atoms with E-state index in [2.05, 4.69) is 196 Å². The Morgan fingerprint density at radius 1 is 0.302 bits per heavy atom. The van der Waals surface area contributed by atoms with Gasteiger partial charge in [0.15, 0.2) is 0 Å². The third-order valence-corrected chi connectivity index (χ3v) is 12.0. The molecular formula is C53H36. The van der Waals surface area contributed by atoms with Crippen LogP contribution in [0.1, 0.15) is 25.0 Å². The maximum Gasteiger partial charge on any atom is 0.0165 e. The number of rotatable bonds is 3. The standard InChI is InChI=1S/C53H36/c1-53(2)48-32-36-18-7-6-17-35(36)30-47(48)51-40-22-9-8-21-39(40)46-31-38(27-28-45(46)52(51)53)50-43-25-12-10-23-41(43)49(42-24-11-13-26-44(42)50)37-20-14-19-34(29-37)33-15-4-3-5-16-33/h3-32H,1-2H3. The van der Waals surface area contributed by atoms with Gasteiger partial charge in [0.05, 0.1) is 0 Å². The summed E-state index contributed by atoms with van der Waals surface area (Å²) in [5.74, 6) is 0. The smallest absolute Gasteiger partial charge is 0.0165 e. The van der Waals surface area contributed by atoms with Crippen molar-refractivity contribution in [1.29, 1.82) is 0 Å². The second kappa shape index (κ2) is 11.2. The van der Waals surface area contributed by atoms with Crippen molar-refractivity contribution in [2.45, 2.75) is 19.3 Å². The largest absolute Gasteiger partial charge is 0.0622 e. The molecule has 10 aromatic carbocycles. The Balaban J connectivity index is 1.19. The molecule has 0 amide bonds. The quantitative estimate of drug-likeness (QED) is 0.129. The Hall–Kier alpha value is -6.50. The van der Waals surface area contributed by atoms with Gasteiger partial charge in [-0.25, -0.2) is 0 Å². The first kappa shape index (κ1) is 30.2. The molecule has 0 nitrogen and oxygen atoms in total. The Kier molecular flexibility index (Phi) is 6.40. The number of hydrogen-bond acceptors (Lipinski definition) is 0. The highest BCUT2D eigenvalue weighted by Crippen LogP contribution is 2.56. The van der Waals surface area contributed by atoms with Crippen LogP contribution in [0.25, 0.3) is 98.4 Å². The van der Waals surface area contributed by atoms with Crippen LogP contribution in [0.3, 0.4) is 0 Å². The van der Waals surface area contributed by atoms with E-state index in [1.165, 1.54) is 109 Å². The van der Waals surface area contributed by atoms with Crippen LogP contribution in [0.15, 0.2) is 182 Å². The zero-order valence-electron chi connectivity index (χ0n) is 29.8. The van der Waals surface area contributed by atoms with Gasteiger partial charge < -0.3 is 0 Å². The molecule has 53 heavy (non-hydrogen) atoms. The third-order valence-electron chi connectivity index (χ3n) is 12.0. The lowest BCUT2D eigenvalue weighted by atomic mass is 9.78. The lowest BCUT2D eigenvalue weighted by molar-refractivity contribution is 0.667. The molecule has 0 saturated heterocycles. The monoisotopic (exact) mass is 672 g/mol. The van der Waals surface area contributed by atoms with Crippen molar-refractivity contribution >= 4 is 53.9 Å². The van der Waals surface area contributed by atoms with E-state index in [0.29, 0.717) is 0 Å². The van der Waals surface area contributed by atoms with E-state index in [-0.39, 0.29) is 5.41 Å². The molecule has 0 fully saturated rings. The Labute approximate surface area is 309 Å².